The van der Waals surface area contributed by atoms with Crippen LogP contribution in [0.4, 0.5) is 5.95 Å². The molecule has 7 heteroatoms. The second-order valence-electron chi connectivity index (χ2n) is 3.97. The minimum atomic E-state index is -0.129. The van der Waals surface area contributed by atoms with E-state index in [1.165, 1.54) is 11.3 Å². The molecule has 4 N–H and O–H groups in total. The molecule has 0 bridgehead atoms. The van der Waals surface area contributed by atoms with E-state index in [1.54, 1.807) is 0 Å². The molecule has 0 radical (unpaired) electrons. The molecule has 0 unspecified atom stereocenters. The molecule has 19 heavy (non-hydrogen) atoms. The van der Waals surface area contributed by atoms with Crippen LogP contribution in [0.1, 0.15) is 15.5 Å². The highest BCUT2D eigenvalue weighted by Crippen LogP contribution is 2.25. The predicted octanol–water partition coefficient (Wildman–Crippen LogP) is 1.53. The first kappa shape index (κ1) is 11.7. The SMILES string of the molecule is Nc1n[nH]c(CNC(=O)c2cc3ccccc3s2)n1. The first-order chi connectivity index (χ1) is 9.22. The molecule has 0 aliphatic rings. The number of hydrogen-bond acceptors (Lipinski definition) is 5. The lowest BCUT2D eigenvalue weighted by Crippen LogP contribution is -2.22. The number of fused-ring (bicyclic) bond motifs is 1. The predicted molar refractivity (Wildman–Crippen MR) is 73.8 cm³/mol. The fourth-order valence-corrected chi connectivity index (χ4v) is 2.71. The molecule has 0 atom stereocenters. The molecule has 0 aliphatic carbocycles. The van der Waals surface area contributed by atoms with Gasteiger partial charge < -0.3 is 11.1 Å². The number of H-pyrrole nitrogens is 1. The van der Waals surface area contributed by atoms with Crippen molar-refractivity contribution in [2.45, 2.75) is 6.54 Å². The van der Waals surface area contributed by atoms with Crippen molar-refractivity contribution in [2.24, 2.45) is 0 Å². The maximum absolute atomic E-state index is 12.0. The summed E-state index contributed by atoms with van der Waals surface area (Å²) in [5, 5.41) is 10.2. The average Bonchev–Trinajstić information content (AvgIpc) is 3.01. The van der Waals surface area contributed by atoms with Crippen molar-refractivity contribution in [3.63, 3.8) is 0 Å². The Labute approximate surface area is 112 Å². The summed E-state index contributed by atoms with van der Waals surface area (Å²) in [5.41, 5.74) is 5.38. The Balaban J connectivity index is 1.73. The van der Waals surface area contributed by atoms with Crippen molar-refractivity contribution in [3.05, 3.63) is 41.0 Å². The van der Waals surface area contributed by atoms with Crippen LogP contribution in [0.5, 0.6) is 0 Å². The summed E-state index contributed by atoms with van der Waals surface area (Å²) < 4.78 is 1.09. The van der Waals surface area contributed by atoms with Crippen LogP contribution in [0.15, 0.2) is 30.3 Å². The van der Waals surface area contributed by atoms with Crippen LogP contribution in [-0.2, 0) is 6.54 Å². The van der Waals surface area contributed by atoms with E-state index in [0.717, 1.165) is 10.1 Å². The molecular formula is C12H11N5OS. The van der Waals surface area contributed by atoms with Crippen molar-refractivity contribution in [3.8, 4) is 0 Å². The zero-order valence-corrected chi connectivity index (χ0v) is 10.7. The number of nitrogens with two attached hydrogens (primary N) is 1. The second-order valence-corrected chi connectivity index (χ2v) is 5.06. The fraction of sp³-hybridized carbons (Fsp3) is 0.0833. The molecule has 3 aromatic rings. The molecule has 2 aromatic heterocycles. The number of rotatable bonds is 3. The monoisotopic (exact) mass is 273 g/mol. The van der Waals surface area contributed by atoms with Gasteiger partial charge in [-0.2, -0.15) is 4.98 Å². The number of nitrogens with zero attached hydrogens (tertiary/aromatic N) is 2. The smallest absolute Gasteiger partial charge is 0.261 e. The van der Waals surface area contributed by atoms with E-state index in [2.05, 4.69) is 20.5 Å². The minimum Gasteiger partial charge on any atom is -0.367 e. The number of nitrogen functional groups attached to an aromatic ring is 1. The van der Waals surface area contributed by atoms with Crippen molar-refractivity contribution in [2.75, 3.05) is 5.73 Å². The number of hydrogen-bond donors (Lipinski definition) is 3. The molecule has 1 amide bonds. The lowest BCUT2D eigenvalue weighted by atomic mass is 10.2. The first-order valence-electron chi connectivity index (χ1n) is 5.66. The Bertz CT molecular complexity index is 699. The molecule has 0 aliphatic heterocycles. The number of anilines is 1. The maximum Gasteiger partial charge on any atom is 0.261 e. The third kappa shape index (κ3) is 2.41. The summed E-state index contributed by atoms with van der Waals surface area (Å²) in [7, 11) is 0. The Morgan fingerprint density at radius 3 is 3.00 bits per heavy atom. The lowest BCUT2D eigenvalue weighted by molar-refractivity contribution is 0.0954. The molecular weight excluding hydrogens is 262 g/mol. The Kier molecular flexibility index (Phi) is 2.88. The second kappa shape index (κ2) is 4.69. The van der Waals surface area contributed by atoms with Crippen LogP contribution in [-0.4, -0.2) is 21.1 Å². The summed E-state index contributed by atoms with van der Waals surface area (Å²) in [6.07, 6.45) is 0. The van der Waals surface area contributed by atoms with E-state index < -0.39 is 0 Å². The fourth-order valence-electron chi connectivity index (χ4n) is 1.73. The first-order valence-corrected chi connectivity index (χ1v) is 6.47. The average molecular weight is 273 g/mol. The van der Waals surface area contributed by atoms with Crippen molar-refractivity contribution < 1.29 is 4.79 Å². The van der Waals surface area contributed by atoms with Gasteiger partial charge in [0, 0.05) is 4.70 Å². The van der Waals surface area contributed by atoms with E-state index in [4.69, 9.17) is 5.73 Å². The summed E-state index contributed by atoms with van der Waals surface area (Å²) in [5.74, 6) is 0.578. The zero-order valence-electron chi connectivity index (χ0n) is 9.88. The van der Waals surface area contributed by atoms with Crippen LogP contribution in [0, 0.1) is 0 Å². The molecule has 1 aromatic carbocycles. The van der Waals surface area contributed by atoms with E-state index in [-0.39, 0.29) is 18.4 Å². The van der Waals surface area contributed by atoms with Gasteiger partial charge in [0.2, 0.25) is 5.95 Å². The number of aromatic amines is 1. The molecule has 6 nitrogen and oxygen atoms in total. The van der Waals surface area contributed by atoms with E-state index in [1.807, 2.05) is 30.3 Å². The van der Waals surface area contributed by atoms with E-state index in [0.29, 0.717) is 10.7 Å². The van der Waals surface area contributed by atoms with Gasteiger partial charge in [-0.05, 0) is 17.5 Å². The number of thiophene rings is 1. The quantitative estimate of drug-likeness (QED) is 0.674. The number of nitrogens with one attached hydrogen (secondary N) is 2. The van der Waals surface area contributed by atoms with Gasteiger partial charge in [0.05, 0.1) is 11.4 Å². The van der Waals surface area contributed by atoms with Crippen LogP contribution in [0.3, 0.4) is 0 Å². The molecule has 0 saturated carbocycles. The van der Waals surface area contributed by atoms with E-state index in [9.17, 15) is 4.79 Å². The summed E-state index contributed by atoms with van der Waals surface area (Å²) in [6, 6.07) is 9.77. The summed E-state index contributed by atoms with van der Waals surface area (Å²) in [6.45, 7) is 0.275. The highest BCUT2D eigenvalue weighted by molar-refractivity contribution is 7.20. The highest BCUT2D eigenvalue weighted by Gasteiger charge is 2.10. The molecule has 2 heterocycles. The van der Waals surface area contributed by atoms with Gasteiger partial charge >= 0.3 is 0 Å². The number of aromatic nitrogens is 3. The van der Waals surface area contributed by atoms with Crippen molar-refractivity contribution in [1.29, 1.82) is 0 Å². The van der Waals surface area contributed by atoms with Gasteiger partial charge in [0.25, 0.3) is 5.91 Å². The number of amides is 1. The molecule has 0 fully saturated rings. The molecule has 96 valence electrons. The van der Waals surface area contributed by atoms with Gasteiger partial charge in [-0.25, -0.2) is 0 Å². The number of benzene rings is 1. The normalized spacial score (nSPS) is 10.7. The van der Waals surface area contributed by atoms with Gasteiger partial charge in [-0.3, -0.25) is 9.89 Å². The Morgan fingerprint density at radius 2 is 2.26 bits per heavy atom. The van der Waals surface area contributed by atoms with Gasteiger partial charge in [0.15, 0.2) is 0 Å². The van der Waals surface area contributed by atoms with Gasteiger partial charge in [-0.1, -0.05) is 18.2 Å². The van der Waals surface area contributed by atoms with E-state index >= 15 is 0 Å². The largest absolute Gasteiger partial charge is 0.367 e. The number of carbonyl (C=O) groups excluding carboxylic acids is 1. The van der Waals surface area contributed by atoms with Crippen LogP contribution in [0.2, 0.25) is 0 Å². The van der Waals surface area contributed by atoms with Gasteiger partial charge in [0.1, 0.15) is 5.82 Å². The molecule has 0 saturated heterocycles. The van der Waals surface area contributed by atoms with Crippen LogP contribution >= 0.6 is 11.3 Å². The Morgan fingerprint density at radius 1 is 1.42 bits per heavy atom. The minimum absolute atomic E-state index is 0.129. The van der Waals surface area contributed by atoms with Crippen molar-refractivity contribution in [1.82, 2.24) is 20.5 Å². The van der Waals surface area contributed by atoms with Gasteiger partial charge in [-0.15, -0.1) is 16.4 Å². The standard InChI is InChI=1S/C12H11N5OS/c13-12-15-10(16-17-12)6-14-11(18)9-5-7-3-1-2-4-8(7)19-9/h1-5H,6H2,(H,14,18)(H3,13,15,16,17). The highest BCUT2D eigenvalue weighted by atomic mass is 32.1. The number of carbonyl (C=O) groups is 1. The molecule has 0 spiro atoms. The third-order valence-corrected chi connectivity index (χ3v) is 3.73. The lowest BCUT2D eigenvalue weighted by Gasteiger charge is -1.99. The summed E-state index contributed by atoms with van der Waals surface area (Å²) in [4.78, 5) is 16.6. The third-order valence-electron chi connectivity index (χ3n) is 2.61. The van der Waals surface area contributed by atoms with Crippen molar-refractivity contribution >= 4 is 33.3 Å². The zero-order chi connectivity index (χ0) is 13.2. The van der Waals surface area contributed by atoms with Crippen LogP contribution in [0.25, 0.3) is 10.1 Å². The summed E-state index contributed by atoms with van der Waals surface area (Å²) >= 11 is 1.46. The Hall–Kier alpha value is -2.41. The maximum atomic E-state index is 12.0. The topological polar surface area (TPSA) is 96.7 Å². The molecule has 3 rings (SSSR count). The van der Waals surface area contributed by atoms with Crippen LogP contribution < -0.4 is 11.1 Å².